The minimum Gasteiger partial charge on any atom is -0.423 e. The van der Waals surface area contributed by atoms with Crippen LogP contribution in [0, 0.1) is 6.92 Å². The molecule has 1 aliphatic heterocycles. The fourth-order valence-corrected chi connectivity index (χ4v) is 1.91. The second kappa shape index (κ2) is 7.96. The summed E-state index contributed by atoms with van der Waals surface area (Å²) < 4.78 is 10.8. The molecule has 0 radical (unpaired) electrons. The van der Waals surface area contributed by atoms with E-state index in [1.165, 1.54) is 0 Å². The number of aryl methyl sites for hydroxylation is 1. The van der Waals surface area contributed by atoms with Gasteiger partial charge in [0.15, 0.2) is 0 Å². The Balaban J connectivity index is 0.000000956. The fourth-order valence-electron chi connectivity index (χ4n) is 1.91. The third kappa shape index (κ3) is 4.28. The normalized spacial score (nSPS) is 18.7. The quantitative estimate of drug-likeness (QED) is 0.820. The van der Waals surface area contributed by atoms with E-state index in [1.54, 1.807) is 11.8 Å². The van der Waals surface area contributed by atoms with Crippen molar-refractivity contribution in [3.8, 4) is 0 Å². The zero-order chi connectivity index (χ0) is 15.1. The fraction of sp³-hybridized carbons (Fsp3) is 0.769. The van der Waals surface area contributed by atoms with Gasteiger partial charge in [0.25, 0.3) is 0 Å². The summed E-state index contributed by atoms with van der Waals surface area (Å²) in [6, 6.07) is -0.271. The smallest absolute Gasteiger partial charge is 0.241 e. The number of morpholine rings is 1. The summed E-state index contributed by atoms with van der Waals surface area (Å²) >= 11 is 0. The van der Waals surface area contributed by atoms with Crippen LogP contribution in [-0.2, 0) is 9.53 Å². The first kappa shape index (κ1) is 16.6. The molecule has 0 saturated carbocycles. The van der Waals surface area contributed by atoms with Crippen molar-refractivity contribution in [2.45, 2.75) is 26.8 Å². The van der Waals surface area contributed by atoms with Gasteiger partial charge in [0, 0.05) is 13.5 Å². The van der Waals surface area contributed by atoms with Crippen LogP contribution in [-0.4, -0.2) is 66.3 Å². The summed E-state index contributed by atoms with van der Waals surface area (Å²) in [5.74, 6) is 0.985. The average molecular weight is 284 g/mol. The topological polar surface area (TPSA) is 71.7 Å². The van der Waals surface area contributed by atoms with Crippen molar-refractivity contribution in [3.63, 3.8) is 0 Å². The van der Waals surface area contributed by atoms with Gasteiger partial charge in [-0.15, -0.1) is 10.2 Å². The van der Waals surface area contributed by atoms with Crippen molar-refractivity contribution in [2.75, 3.05) is 40.4 Å². The van der Waals surface area contributed by atoms with Crippen molar-refractivity contribution in [2.24, 2.45) is 0 Å². The van der Waals surface area contributed by atoms with E-state index < -0.39 is 0 Å². The van der Waals surface area contributed by atoms with Crippen LogP contribution in [0.4, 0.5) is 0 Å². The molecule has 114 valence electrons. The lowest BCUT2D eigenvalue weighted by molar-refractivity contribution is -0.141. The maximum Gasteiger partial charge on any atom is 0.241 e. The summed E-state index contributed by atoms with van der Waals surface area (Å²) in [5.41, 5.74) is 0. The van der Waals surface area contributed by atoms with E-state index in [0.29, 0.717) is 38.1 Å². The highest BCUT2D eigenvalue weighted by atomic mass is 16.5. The van der Waals surface area contributed by atoms with Gasteiger partial charge >= 0.3 is 0 Å². The van der Waals surface area contributed by atoms with Gasteiger partial charge in [-0.05, 0) is 14.1 Å². The Kier molecular flexibility index (Phi) is 6.60. The Hall–Kier alpha value is -1.47. The largest absolute Gasteiger partial charge is 0.423 e. The Morgan fingerprint density at radius 1 is 1.40 bits per heavy atom. The molecule has 0 aromatic carbocycles. The zero-order valence-electron chi connectivity index (χ0n) is 12.9. The molecule has 20 heavy (non-hydrogen) atoms. The van der Waals surface area contributed by atoms with Gasteiger partial charge < -0.3 is 19.0 Å². The number of hydrogen-bond donors (Lipinski definition) is 0. The number of hydrogen-bond acceptors (Lipinski definition) is 6. The molecular weight excluding hydrogens is 260 g/mol. The number of rotatable bonds is 3. The molecule has 1 fully saturated rings. The number of ether oxygens (including phenoxy) is 1. The van der Waals surface area contributed by atoms with E-state index in [4.69, 9.17) is 9.15 Å². The molecule has 0 aliphatic carbocycles. The van der Waals surface area contributed by atoms with Crippen molar-refractivity contribution >= 4 is 5.91 Å². The predicted molar refractivity (Wildman–Crippen MR) is 74.2 cm³/mol. The van der Waals surface area contributed by atoms with Crippen molar-refractivity contribution in [3.05, 3.63) is 11.8 Å². The molecule has 2 rings (SSSR count). The molecule has 1 amide bonds. The molecule has 0 bridgehead atoms. The minimum atomic E-state index is -0.271. The number of carbonyl (C=O) groups excluding carboxylic acids is 1. The second-order valence-corrected chi connectivity index (χ2v) is 4.57. The summed E-state index contributed by atoms with van der Waals surface area (Å²) in [7, 11) is 3.73. The second-order valence-electron chi connectivity index (χ2n) is 4.57. The Morgan fingerprint density at radius 3 is 2.65 bits per heavy atom. The van der Waals surface area contributed by atoms with Gasteiger partial charge in [-0.2, -0.15) is 0 Å². The lowest BCUT2D eigenvalue weighted by atomic mass is 10.2. The molecule has 7 nitrogen and oxygen atoms in total. The lowest BCUT2D eigenvalue weighted by Gasteiger charge is -2.34. The SMILES string of the molecule is CC.Cc1nnc(C2COCCN2C(=O)CN(C)C)o1. The first-order valence-corrected chi connectivity index (χ1v) is 6.90. The van der Waals surface area contributed by atoms with Crippen LogP contribution in [0.1, 0.15) is 31.7 Å². The first-order chi connectivity index (χ1) is 9.58. The van der Waals surface area contributed by atoms with Gasteiger partial charge in [0.05, 0.1) is 19.8 Å². The molecule has 7 heteroatoms. The van der Waals surface area contributed by atoms with Crippen LogP contribution in [0.3, 0.4) is 0 Å². The Morgan fingerprint density at radius 2 is 2.10 bits per heavy atom. The van der Waals surface area contributed by atoms with Crippen LogP contribution in [0.15, 0.2) is 4.42 Å². The number of carbonyl (C=O) groups is 1. The summed E-state index contributed by atoms with van der Waals surface area (Å²) in [6.45, 7) is 7.60. The van der Waals surface area contributed by atoms with Crippen molar-refractivity contribution in [1.29, 1.82) is 0 Å². The number of amides is 1. The minimum absolute atomic E-state index is 0.0455. The van der Waals surface area contributed by atoms with Crippen LogP contribution in [0.5, 0.6) is 0 Å². The molecule has 1 aliphatic rings. The molecule has 1 aromatic rings. The van der Waals surface area contributed by atoms with Crippen LogP contribution >= 0.6 is 0 Å². The summed E-state index contributed by atoms with van der Waals surface area (Å²) in [4.78, 5) is 15.7. The first-order valence-electron chi connectivity index (χ1n) is 6.90. The number of aromatic nitrogens is 2. The van der Waals surface area contributed by atoms with E-state index in [-0.39, 0.29) is 11.9 Å². The maximum atomic E-state index is 12.1. The van der Waals surface area contributed by atoms with Gasteiger partial charge in [0.1, 0.15) is 6.04 Å². The van der Waals surface area contributed by atoms with E-state index in [1.807, 2.05) is 32.8 Å². The number of likely N-dealkylation sites (N-methyl/N-ethyl adjacent to an activating group) is 1. The number of nitrogens with zero attached hydrogens (tertiary/aromatic N) is 4. The molecular formula is C13H24N4O3. The Labute approximate surface area is 119 Å². The highest BCUT2D eigenvalue weighted by molar-refractivity contribution is 5.78. The van der Waals surface area contributed by atoms with Gasteiger partial charge in [-0.3, -0.25) is 4.79 Å². The highest BCUT2D eigenvalue weighted by Gasteiger charge is 2.32. The average Bonchev–Trinajstić information content (AvgIpc) is 2.87. The standard InChI is InChI=1S/C11H18N4O3.C2H6/c1-8-12-13-11(18-8)9-7-17-5-4-15(9)10(16)6-14(2)3;1-2/h9H,4-7H2,1-3H3;1-2H3. The van der Waals surface area contributed by atoms with E-state index >= 15 is 0 Å². The lowest BCUT2D eigenvalue weighted by Crippen LogP contribution is -2.46. The van der Waals surface area contributed by atoms with Crippen molar-refractivity contribution < 1.29 is 13.9 Å². The zero-order valence-corrected chi connectivity index (χ0v) is 12.9. The van der Waals surface area contributed by atoms with Gasteiger partial charge in [-0.25, -0.2) is 0 Å². The van der Waals surface area contributed by atoms with E-state index in [2.05, 4.69) is 10.2 Å². The molecule has 0 spiro atoms. The predicted octanol–water partition coefficient (Wildman–Crippen LogP) is 0.866. The molecule has 1 saturated heterocycles. The van der Waals surface area contributed by atoms with Crippen LogP contribution < -0.4 is 0 Å². The third-order valence-corrected chi connectivity index (χ3v) is 2.73. The molecule has 2 heterocycles. The summed E-state index contributed by atoms with van der Waals surface area (Å²) in [6.07, 6.45) is 0. The van der Waals surface area contributed by atoms with Gasteiger partial charge in [-0.1, -0.05) is 13.8 Å². The molecule has 0 N–H and O–H groups in total. The summed E-state index contributed by atoms with van der Waals surface area (Å²) in [5, 5.41) is 7.77. The van der Waals surface area contributed by atoms with Crippen LogP contribution in [0.2, 0.25) is 0 Å². The maximum absolute atomic E-state index is 12.1. The molecule has 1 unspecified atom stereocenters. The monoisotopic (exact) mass is 284 g/mol. The highest BCUT2D eigenvalue weighted by Crippen LogP contribution is 2.23. The Bertz CT molecular complexity index is 420. The third-order valence-electron chi connectivity index (χ3n) is 2.73. The van der Waals surface area contributed by atoms with Crippen molar-refractivity contribution in [1.82, 2.24) is 20.0 Å². The van der Waals surface area contributed by atoms with E-state index in [9.17, 15) is 4.79 Å². The van der Waals surface area contributed by atoms with E-state index in [0.717, 1.165) is 0 Å². The molecule has 1 atom stereocenters. The molecule has 1 aromatic heterocycles. The van der Waals surface area contributed by atoms with Gasteiger partial charge in [0.2, 0.25) is 17.7 Å². The van der Waals surface area contributed by atoms with Crippen LogP contribution in [0.25, 0.3) is 0 Å².